The zero-order chi connectivity index (χ0) is 18.1. The molecule has 1 aliphatic carbocycles. The lowest BCUT2D eigenvalue weighted by Gasteiger charge is -2.40. The van der Waals surface area contributed by atoms with Crippen LogP contribution in [0.1, 0.15) is 67.7 Å². The van der Waals surface area contributed by atoms with Gasteiger partial charge in [0.25, 0.3) is 0 Å². The van der Waals surface area contributed by atoms with Gasteiger partial charge in [0, 0.05) is 6.04 Å². The highest BCUT2D eigenvalue weighted by atomic mass is 16.6. The number of carbonyl (C=O) groups excluding carboxylic acids is 2. The topological polar surface area (TPSA) is 90.6 Å². The summed E-state index contributed by atoms with van der Waals surface area (Å²) in [5.74, 6) is -0.0778. The van der Waals surface area contributed by atoms with Crippen LogP contribution in [0.4, 0.5) is 4.79 Å². The van der Waals surface area contributed by atoms with Crippen LogP contribution in [0, 0.1) is 5.92 Å². The van der Waals surface area contributed by atoms with Crippen molar-refractivity contribution in [1.82, 2.24) is 5.32 Å². The quantitative estimate of drug-likeness (QED) is 0.774. The number of rotatable bonds is 4. The first kappa shape index (κ1) is 19.7. The molecule has 0 aromatic carbocycles. The zero-order valence-electron chi connectivity index (χ0n) is 15.5. The summed E-state index contributed by atoms with van der Waals surface area (Å²) in [6.07, 6.45) is 1.75. The zero-order valence-corrected chi connectivity index (χ0v) is 15.5. The molecular weight excluding hydrogens is 296 g/mol. The third kappa shape index (κ3) is 7.20. The highest BCUT2D eigenvalue weighted by molar-refractivity contribution is 5.80. The van der Waals surface area contributed by atoms with Crippen LogP contribution in [0.3, 0.4) is 0 Å². The summed E-state index contributed by atoms with van der Waals surface area (Å²) in [5.41, 5.74) is 4.07. The molecule has 23 heavy (non-hydrogen) atoms. The molecule has 1 rings (SSSR count). The van der Waals surface area contributed by atoms with Crippen LogP contribution in [0.15, 0.2) is 0 Å². The molecule has 1 atom stereocenters. The Hall–Kier alpha value is -1.30. The lowest BCUT2D eigenvalue weighted by Crippen LogP contribution is -2.53. The molecule has 0 heterocycles. The SMILES string of the molecule is CC(C)(C)OC(=O)NC1CC(C[C@](C)(N)C(=O)OC(C)(C)C)C1. The number of carbonyl (C=O) groups is 2. The normalized spacial score (nSPS) is 24.2. The fourth-order valence-electron chi connectivity index (χ4n) is 2.57. The molecule has 1 amide bonds. The Morgan fingerprint density at radius 3 is 1.91 bits per heavy atom. The second-order valence-electron chi connectivity index (χ2n) is 8.80. The first-order valence-electron chi connectivity index (χ1n) is 8.20. The molecule has 0 bridgehead atoms. The Morgan fingerprint density at radius 1 is 1.00 bits per heavy atom. The van der Waals surface area contributed by atoms with Crippen LogP contribution in [-0.2, 0) is 14.3 Å². The van der Waals surface area contributed by atoms with E-state index in [4.69, 9.17) is 15.2 Å². The predicted octanol–water partition coefficient (Wildman–Crippen LogP) is 2.74. The molecule has 6 heteroatoms. The van der Waals surface area contributed by atoms with Crippen LogP contribution in [-0.4, -0.2) is 34.8 Å². The van der Waals surface area contributed by atoms with Gasteiger partial charge in [-0.05, 0) is 73.6 Å². The van der Waals surface area contributed by atoms with Crippen molar-refractivity contribution in [2.45, 2.75) is 90.5 Å². The summed E-state index contributed by atoms with van der Waals surface area (Å²) in [5, 5.41) is 2.84. The Kier molecular flexibility index (Phi) is 5.73. The van der Waals surface area contributed by atoms with Gasteiger partial charge in [0.2, 0.25) is 0 Å². The van der Waals surface area contributed by atoms with E-state index < -0.39 is 22.8 Å². The van der Waals surface area contributed by atoms with Gasteiger partial charge < -0.3 is 20.5 Å². The standard InChI is InChI=1S/C17H32N2O4/c1-15(2,3)22-13(20)17(7,18)10-11-8-12(9-11)19-14(21)23-16(4,5)6/h11-12H,8-10,18H2,1-7H3,(H,19,21)/t11?,12?,17-/m0/s1. The van der Waals surface area contributed by atoms with Crippen molar-refractivity contribution in [2.24, 2.45) is 11.7 Å². The van der Waals surface area contributed by atoms with Crippen molar-refractivity contribution in [1.29, 1.82) is 0 Å². The molecule has 0 saturated heterocycles. The summed E-state index contributed by atoms with van der Waals surface area (Å²) in [6, 6.07) is 0.0873. The molecule has 0 unspecified atom stereocenters. The van der Waals surface area contributed by atoms with Gasteiger partial charge in [-0.25, -0.2) is 4.79 Å². The number of hydrogen-bond acceptors (Lipinski definition) is 5. The summed E-state index contributed by atoms with van der Waals surface area (Å²) in [4.78, 5) is 23.8. The maximum Gasteiger partial charge on any atom is 0.407 e. The van der Waals surface area contributed by atoms with E-state index >= 15 is 0 Å². The van der Waals surface area contributed by atoms with Gasteiger partial charge in [0.15, 0.2) is 0 Å². The van der Waals surface area contributed by atoms with Crippen molar-refractivity contribution >= 4 is 12.1 Å². The van der Waals surface area contributed by atoms with E-state index in [1.54, 1.807) is 6.92 Å². The van der Waals surface area contributed by atoms with Crippen molar-refractivity contribution in [3.63, 3.8) is 0 Å². The molecule has 134 valence electrons. The summed E-state index contributed by atoms with van der Waals surface area (Å²) >= 11 is 0. The molecule has 0 aromatic rings. The molecule has 0 aliphatic heterocycles. The van der Waals surface area contributed by atoms with Crippen LogP contribution < -0.4 is 11.1 Å². The summed E-state index contributed by atoms with van der Waals surface area (Å²) < 4.78 is 10.6. The van der Waals surface area contributed by atoms with Crippen LogP contribution in [0.25, 0.3) is 0 Å². The maximum atomic E-state index is 12.1. The molecular formula is C17H32N2O4. The van der Waals surface area contributed by atoms with E-state index in [2.05, 4.69) is 5.32 Å². The van der Waals surface area contributed by atoms with Gasteiger partial charge in [-0.1, -0.05) is 0 Å². The molecule has 0 spiro atoms. The number of nitrogens with two attached hydrogens (primary N) is 1. The fourth-order valence-corrected chi connectivity index (χ4v) is 2.57. The summed E-state index contributed by atoms with van der Waals surface area (Å²) in [7, 11) is 0. The molecule has 0 radical (unpaired) electrons. The van der Waals surface area contributed by atoms with Gasteiger partial charge >= 0.3 is 12.1 Å². The Bertz CT molecular complexity index is 440. The van der Waals surface area contributed by atoms with E-state index in [0.717, 1.165) is 12.8 Å². The number of ether oxygens (including phenoxy) is 2. The van der Waals surface area contributed by atoms with Crippen molar-refractivity contribution in [2.75, 3.05) is 0 Å². The average molecular weight is 328 g/mol. The van der Waals surface area contributed by atoms with Gasteiger partial charge in [-0.2, -0.15) is 0 Å². The minimum Gasteiger partial charge on any atom is -0.459 e. The lowest BCUT2D eigenvalue weighted by molar-refractivity contribution is -0.162. The molecule has 1 fully saturated rings. The molecule has 3 N–H and O–H groups in total. The number of hydrogen-bond donors (Lipinski definition) is 2. The Balaban J connectivity index is 2.37. The van der Waals surface area contributed by atoms with Gasteiger partial charge in [0.05, 0.1) is 0 Å². The number of amides is 1. The van der Waals surface area contributed by atoms with Crippen LogP contribution in [0.2, 0.25) is 0 Å². The Labute approximate surface area is 139 Å². The van der Waals surface area contributed by atoms with Crippen molar-refractivity contribution in [3.8, 4) is 0 Å². The minimum atomic E-state index is -1.01. The van der Waals surface area contributed by atoms with Crippen molar-refractivity contribution < 1.29 is 19.1 Å². The van der Waals surface area contributed by atoms with Crippen LogP contribution >= 0.6 is 0 Å². The number of alkyl carbamates (subject to hydrolysis) is 1. The lowest BCUT2D eigenvalue weighted by atomic mass is 9.73. The number of nitrogens with one attached hydrogen (secondary N) is 1. The van der Waals surface area contributed by atoms with E-state index in [1.165, 1.54) is 0 Å². The van der Waals surface area contributed by atoms with Crippen LogP contribution in [0.5, 0.6) is 0 Å². The first-order valence-corrected chi connectivity index (χ1v) is 8.20. The third-order valence-electron chi connectivity index (χ3n) is 3.53. The fraction of sp³-hybridized carbons (Fsp3) is 0.882. The third-order valence-corrected chi connectivity index (χ3v) is 3.53. The molecule has 0 aromatic heterocycles. The van der Waals surface area contributed by atoms with Gasteiger partial charge in [0.1, 0.15) is 16.7 Å². The molecule has 1 aliphatic rings. The monoisotopic (exact) mass is 328 g/mol. The number of esters is 1. The second-order valence-corrected chi connectivity index (χ2v) is 8.80. The van der Waals surface area contributed by atoms with E-state index in [1.807, 2.05) is 41.5 Å². The second kappa shape index (κ2) is 6.67. The van der Waals surface area contributed by atoms with E-state index in [0.29, 0.717) is 12.3 Å². The largest absolute Gasteiger partial charge is 0.459 e. The maximum absolute atomic E-state index is 12.1. The Morgan fingerprint density at radius 2 is 1.48 bits per heavy atom. The van der Waals surface area contributed by atoms with Gasteiger partial charge in [-0.15, -0.1) is 0 Å². The first-order chi connectivity index (χ1) is 10.2. The highest BCUT2D eigenvalue weighted by Gasteiger charge is 2.40. The molecule has 6 nitrogen and oxygen atoms in total. The summed E-state index contributed by atoms with van der Waals surface area (Å²) in [6.45, 7) is 12.7. The van der Waals surface area contributed by atoms with Gasteiger partial charge in [-0.3, -0.25) is 4.79 Å². The van der Waals surface area contributed by atoms with E-state index in [-0.39, 0.29) is 12.0 Å². The van der Waals surface area contributed by atoms with E-state index in [9.17, 15) is 9.59 Å². The average Bonchev–Trinajstić information content (AvgIpc) is 2.20. The minimum absolute atomic E-state index is 0.0873. The van der Waals surface area contributed by atoms with Crippen molar-refractivity contribution in [3.05, 3.63) is 0 Å². The molecule has 1 saturated carbocycles. The highest BCUT2D eigenvalue weighted by Crippen LogP contribution is 2.34. The predicted molar refractivity (Wildman–Crippen MR) is 88.9 cm³/mol. The smallest absolute Gasteiger partial charge is 0.407 e.